The zero-order valence-corrected chi connectivity index (χ0v) is 17.2. The van der Waals surface area contributed by atoms with E-state index in [9.17, 15) is 4.79 Å². The number of ether oxygens (including phenoxy) is 2. The first kappa shape index (κ1) is 18.7. The molecule has 0 saturated heterocycles. The van der Waals surface area contributed by atoms with Crippen molar-refractivity contribution in [2.75, 3.05) is 6.61 Å². The van der Waals surface area contributed by atoms with Crippen LogP contribution in [0.25, 0.3) is 11.3 Å². The molecule has 1 unspecified atom stereocenters. The van der Waals surface area contributed by atoms with Crippen LogP contribution in [-0.2, 0) is 14.9 Å². The lowest BCUT2D eigenvalue weighted by molar-refractivity contribution is -0.136. The molecule has 3 aliphatic rings. The molecule has 0 bridgehead atoms. The minimum Gasteiger partial charge on any atom is -0.492 e. The minimum atomic E-state index is -0.852. The second kappa shape index (κ2) is 6.96. The van der Waals surface area contributed by atoms with Crippen molar-refractivity contribution in [2.24, 2.45) is 5.92 Å². The van der Waals surface area contributed by atoms with Crippen molar-refractivity contribution in [3.63, 3.8) is 0 Å². The SMILES string of the molecule is N#Cc1ccc(C2=C3C=C(c4ccccc4)C4(C[C@H]3CO2)C(=O)Oc2ccccc24)cc1. The number of benzene rings is 3. The first-order valence-electron chi connectivity index (χ1n) is 10.7. The van der Waals surface area contributed by atoms with E-state index in [1.54, 1.807) is 12.1 Å². The number of carbonyl (C=O) groups is 1. The first-order valence-corrected chi connectivity index (χ1v) is 10.7. The van der Waals surface area contributed by atoms with E-state index in [0.29, 0.717) is 24.3 Å². The highest BCUT2D eigenvalue weighted by Gasteiger charge is 2.56. The zero-order valence-electron chi connectivity index (χ0n) is 17.2. The van der Waals surface area contributed by atoms with Gasteiger partial charge in [0.15, 0.2) is 0 Å². The monoisotopic (exact) mass is 417 g/mol. The molecule has 0 amide bonds. The quantitative estimate of drug-likeness (QED) is 0.422. The number of nitriles is 1. The minimum absolute atomic E-state index is 0.0758. The Balaban J connectivity index is 1.58. The Morgan fingerprint density at radius 1 is 0.906 bits per heavy atom. The summed E-state index contributed by atoms with van der Waals surface area (Å²) in [6.45, 7) is 0.514. The smallest absolute Gasteiger partial charge is 0.326 e. The molecule has 2 heterocycles. The average Bonchev–Trinajstić information content (AvgIpc) is 3.38. The summed E-state index contributed by atoms with van der Waals surface area (Å²) in [6.07, 6.45) is 2.73. The fourth-order valence-corrected chi connectivity index (χ4v) is 5.20. The molecule has 3 aromatic rings. The molecule has 6 rings (SSSR count). The maximum atomic E-state index is 13.5. The van der Waals surface area contributed by atoms with E-state index in [-0.39, 0.29) is 11.9 Å². The van der Waals surface area contributed by atoms with Gasteiger partial charge in [-0.3, -0.25) is 4.79 Å². The molecule has 1 aliphatic carbocycles. The van der Waals surface area contributed by atoms with Crippen molar-refractivity contribution < 1.29 is 14.3 Å². The van der Waals surface area contributed by atoms with Crippen molar-refractivity contribution in [1.82, 2.24) is 0 Å². The van der Waals surface area contributed by atoms with E-state index in [1.165, 1.54) is 0 Å². The van der Waals surface area contributed by atoms with Gasteiger partial charge in [0, 0.05) is 22.6 Å². The molecule has 0 aromatic heterocycles. The van der Waals surface area contributed by atoms with Crippen LogP contribution in [0.15, 0.2) is 90.5 Å². The Labute approximate surface area is 186 Å². The molecule has 2 aliphatic heterocycles. The first-order chi connectivity index (χ1) is 15.7. The van der Waals surface area contributed by atoms with Gasteiger partial charge in [-0.25, -0.2) is 0 Å². The predicted molar refractivity (Wildman–Crippen MR) is 120 cm³/mol. The van der Waals surface area contributed by atoms with Crippen LogP contribution in [-0.4, -0.2) is 12.6 Å². The Morgan fingerprint density at radius 3 is 2.44 bits per heavy atom. The summed E-state index contributed by atoms with van der Waals surface area (Å²) < 4.78 is 11.9. The molecular weight excluding hydrogens is 398 g/mol. The molecule has 4 heteroatoms. The van der Waals surface area contributed by atoms with Gasteiger partial charge in [-0.15, -0.1) is 0 Å². The molecule has 0 fully saturated rings. The van der Waals surface area contributed by atoms with Gasteiger partial charge in [-0.2, -0.15) is 5.26 Å². The molecule has 0 N–H and O–H groups in total. The van der Waals surface area contributed by atoms with Gasteiger partial charge in [-0.1, -0.05) is 48.5 Å². The van der Waals surface area contributed by atoms with Crippen LogP contribution in [0.1, 0.15) is 28.7 Å². The van der Waals surface area contributed by atoms with E-state index in [4.69, 9.17) is 14.7 Å². The summed E-state index contributed by atoms with van der Waals surface area (Å²) in [5.41, 5.74) is 4.66. The number of hydrogen-bond acceptors (Lipinski definition) is 4. The predicted octanol–water partition coefficient (Wildman–Crippen LogP) is 5.26. The Morgan fingerprint density at radius 2 is 1.66 bits per heavy atom. The summed E-state index contributed by atoms with van der Waals surface area (Å²) in [6, 6.07) is 27.4. The number of carbonyl (C=O) groups excluding carboxylic acids is 1. The largest absolute Gasteiger partial charge is 0.492 e. The van der Waals surface area contributed by atoms with Crippen molar-refractivity contribution in [3.05, 3.63) is 113 Å². The number of allylic oxidation sites excluding steroid dienone is 1. The van der Waals surface area contributed by atoms with E-state index < -0.39 is 5.41 Å². The standard InChI is InChI=1S/C28H19NO3/c29-16-18-10-12-20(13-11-18)26-22-14-24(19-6-2-1-3-7-19)28(15-21(22)17-31-26)23-8-4-5-9-25(23)32-27(28)30/h1-14,21H,15,17H2/t21-,28?/m0/s1. The summed E-state index contributed by atoms with van der Waals surface area (Å²) >= 11 is 0. The van der Waals surface area contributed by atoms with Gasteiger partial charge in [0.1, 0.15) is 16.9 Å². The summed E-state index contributed by atoms with van der Waals surface area (Å²) in [5, 5.41) is 9.12. The van der Waals surface area contributed by atoms with Crippen LogP contribution in [0.4, 0.5) is 0 Å². The Bertz CT molecular complexity index is 1350. The van der Waals surface area contributed by atoms with E-state index in [0.717, 1.165) is 33.6 Å². The summed E-state index contributed by atoms with van der Waals surface area (Å²) in [7, 11) is 0. The van der Waals surface area contributed by atoms with Gasteiger partial charge in [0.25, 0.3) is 0 Å². The number of fused-ring (bicyclic) bond motifs is 3. The van der Waals surface area contributed by atoms with Gasteiger partial charge < -0.3 is 9.47 Å². The lowest BCUT2D eigenvalue weighted by atomic mass is 9.63. The molecule has 154 valence electrons. The second-order valence-electron chi connectivity index (χ2n) is 8.40. The lowest BCUT2D eigenvalue weighted by Gasteiger charge is -2.36. The molecule has 0 radical (unpaired) electrons. The van der Waals surface area contributed by atoms with Crippen LogP contribution in [0.2, 0.25) is 0 Å². The van der Waals surface area contributed by atoms with Gasteiger partial charge in [0.05, 0.1) is 18.2 Å². The maximum absolute atomic E-state index is 13.5. The Hall–Kier alpha value is -4.10. The second-order valence-corrected chi connectivity index (χ2v) is 8.40. The Kier molecular flexibility index (Phi) is 4.06. The van der Waals surface area contributed by atoms with Crippen molar-refractivity contribution in [3.8, 4) is 11.8 Å². The molecule has 3 aromatic carbocycles. The van der Waals surface area contributed by atoms with E-state index in [1.807, 2.05) is 66.7 Å². The topological polar surface area (TPSA) is 59.3 Å². The molecule has 32 heavy (non-hydrogen) atoms. The highest BCUT2D eigenvalue weighted by Crippen LogP contribution is 2.57. The van der Waals surface area contributed by atoms with Crippen LogP contribution >= 0.6 is 0 Å². The third kappa shape index (κ3) is 2.58. The average molecular weight is 417 g/mol. The van der Waals surface area contributed by atoms with Gasteiger partial charge >= 0.3 is 5.97 Å². The molecular formula is C28H19NO3. The van der Waals surface area contributed by atoms with E-state index >= 15 is 0 Å². The number of para-hydroxylation sites is 1. The fourth-order valence-electron chi connectivity index (χ4n) is 5.20. The zero-order chi connectivity index (χ0) is 21.7. The number of rotatable bonds is 2. The summed E-state index contributed by atoms with van der Waals surface area (Å²) in [5.74, 6) is 1.31. The van der Waals surface area contributed by atoms with Crippen LogP contribution < -0.4 is 4.74 Å². The number of hydrogen-bond donors (Lipinski definition) is 0. The van der Waals surface area contributed by atoms with Crippen LogP contribution in [0.5, 0.6) is 5.75 Å². The van der Waals surface area contributed by atoms with Crippen molar-refractivity contribution in [2.45, 2.75) is 11.8 Å². The van der Waals surface area contributed by atoms with Gasteiger partial charge in [0.2, 0.25) is 0 Å². The number of esters is 1. The highest BCUT2D eigenvalue weighted by molar-refractivity contribution is 6.05. The van der Waals surface area contributed by atoms with Crippen LogP contribution in [0, 0.1) is 17.2 Å². The van der Waals surface area contributed by atoms with E-state index in [2.05, 4.69) is 12.1 Å². The maximum Gasteiger partial charge on any atom is 0.326 e. The van der Waals surface area contributed by atoms with Crippen molar-refractivity contribution in [1.29, 1.82) is 5.26 Å². The normalized spacial score (nSPS) is 23.2. The van der Waals surface area contributed by atoms with Crippen molar-refractivity contribution >= 4 is 17.3 Å². The third-order valence-corrected chi connectivity index (χ3v) is 6.70. The highest BCUT2D eigenvalue weighted by atomic mass is 16.5. The van der Waals surface area contributed by atoms with Gasteiger partial charge in [-0.05, 0) is 54.0 Å². The molecule has 2 atom stereocenters. The van der Waals surface area contributed by atoms with Crippen LogP contribution in [0.3, 0.4) is 0 Å². The molecule has 4 nitrogen and oxygen atoms in total. The number of nitrogens with zero attached hydrogens (tertiary/aromatic N) is 1. The fraction of sp³-hybridized carbons (Fsp3) is 0.143. The molecule has 1 spiro atoms. The lowest BCUT2D eigenvalue weighted by Crippen LogP contribution is -2.40. The summed E-state index contributed by atoms with van der Waals surface area (Å²) in [4.78, 5) is 13.5. The third-order valence-electron chi connectivity index (χ3n) is 6.70. The molecule has 0 saturated carbocycles.